The first kappa shape index (κ1) is 12.2. The van der Waals surface area contributed by atoms with Crippen molar-refractivity contribution in [1.82, 2.24) is 0 Å². The molecular weight excluding hydrogens is 231 g/mol. The highest BCUT2D eigenvalue weighted by Crippen LogP contribution is 2.31. The summed E-state index contributed by atoms with van der Waals surface area (Å²) in [7, 11) is -3.93. The topological polar surface area (TPSA) is 0 Å². The Morgan fingerprint density at radius 2 is 1.80 bits per heavy atom. The molecule has 1 atom stereocenters. The molecule has 0 amide bonds. The van der Waals surface area contributed by atoms with Gasteiger partial charge in [0.1, 0.15) is 0 Å². The van der Waals surface area contributed by atoms with Crippen molar-refractivity contribution in [3.05, 3.63) is 35.4 Å². The Kier molecular flexibility index (Phi) is 3.49. The van der Waals surface area contributed by atoms with Gasteiger partial charge in [-0.25, -0.2) is 0 Å². The molecule has 1 aromatic carbocycles. The maximum absolute atomic E-state index is 12.4. The first-order chi connectivity index (χ1) is 6.82. The standard InChI is InChI=1S/C9H9F5Si/c1-6(15(13)14)7-3-2-4-8(5-7)9(10,11)12/h2-6,15H,1H3. The first-order valence-electron chi connectivity index (χ1n) is 4.27. The van der Waals surface area contributed by atoms with Gasteiger partial charge in [-0.05, 0) is 11.6 Å². The third-order valence-electron chi connectivity index (χ3n) is 2.12. The van der Waals surface area contributed by atoms with Crippen molar-refractivity contribution in [2.75, 3.05) is 0 Å². The van der Waals surface area contributed by atoms with E-state index in [1.54, 1.807) is 0 Å². The molecule has 0 spiro atoms. The molecule has 1 unspecified atom stereocenters. The molecular formula is C9H9F5Si. The minimum Gasteiger partial charge on any atom is -0.274 e. The lowest BCUT2D eigenvalue weighted by Gasteiger charge is -2.12. The Labute approximate surface area is 85.7 Å². The van der Waals surface area contributed by atoms with E-state index in [0.29, 0.717) is 0 Å². The van der Waals surface area contributed by atoms with Crippen LogP contribution in [0.4, 0.5) is 21.4 Å². The van der Waals surface area contributed by atoms with Gasteiger partial charge in [0, 0.05) is 5.54 Å². The Morgan fingerprint density at radius 3 is 2.27 bits per heavy atom. The highest BCUT2D eigenvalue weighted by molar-refractivity contribution is 6.44. The monoisotopic (exact) mass is 240 g/mol. The maximum Gasteiger partial charge on any atom is 0.418 e. The van der Waals surface area contributed by atoms with Crippen LogP contribution in [0.1, 0.15) is 23.6 Å². The molecule has 0 saturated carbocycles. The molecule has 15 heavy (non-hydrogen) atoms. The molecule has 0 radical (unpaired) electrons. The lowest BCUT2D eigenvalue weighted by atomic mass is 10.1. The Morgan fingerprint density at radius 1 is 1.20 bits per heavy atom. The summed E-state index contributed by atoms with van der Waals surface area (Å²) in [4.78, 5) is 0. The van der Waals surface area contributed by atoms with Gasteiger partial charge in [0.2, 0.25) is 0 Å². The number of rotatable bonds is 2. The predicted octanol–water partition coefficient (Wildman–Crippen LogP) is 3.51. The fourth-order valence-corrected chi connectivity index (χ4v) is 1.64. The summed E-state index contributed by atoms with van der Waals surface area (Å²) < 4.78 is 61.6. The molecule has 1 rings (SSSR count). The number of benzene rings is 1. The average Bonchev–Trinajstić information content (AvgIpc) is 2.15. The summed E-state index contributed by atoms with van der Waals surface area (Å²) in [5.41, 5.74) is -1.86. The fourth-order valence-electron chi connectivity index (χ4n) is 1.14. The van der Waals surface area contributed by atoms with Gasteiger partial charge in [-0.15, -0.1) is 0 Å². The van der Waals surface area contributed by atoms with E-state index in [1.165, 1.54) is 13.0 Å². The van der Waals surface area contributed by atoms with E-state index in [9.17, 15) is 21.4 Å². The molecule has 0 heterocycles. The van der Waals surface area contributed by atoms with E-state index in [2.05, 4.69) is 0 Å². The van der Waals surface area contributed by atoms with Crippen molar-refractivity contribution in [3.63, 3.8) is 0 Å². The predicted molar refractivity (Wildman–Crippen MR) is 49.2 cm³/mol. The van der Waals surface area contributed by atoms with Crippen molar-refractivity contribution in [3.8, 4) is 0 Å². The van der Waals surface area contributed by atoms with Gasteiger partial charge in [0.15, 0.2) is 0 Å². The van der Waals surface area contributed by atoms with Crippen LogP contribution in [0.25, 0.3) is 0 Å². The summed E-state index contributed by atoms with van der Waals surface area (Å²) in [5.74, 6) is 0. The van der Waals surface area contributed by atoms with Gasteiger partial charge in [0.05, 0.1) is 5.56 Å². The van der Waals surface area contributed by atoms with E-state index in [4.69, 9.17) is 0 Å². The Hall–Kier alpha value is -0.913. The van der Waals surface area contributed by atoms with Crippen molar-refractivity contribution in [2.24, 2.45) is 0 Å². The number of hydrogen-bond acceptors (Lipinski definition) is 0. The smallest absolute Gasteiger partial charge is 0.274 e. The van der Waals surface area contributed by atoms with E-state index in [0.717, 1.165) is 18.2 Å². The second-order valence-electron chi connectivity index (χ2n) is 3.25. The Balaban J connectivity index is 3.03. The van der Waals surface area contributed by atoms with Gasteiger partial charge in [0.25, 0.3) is 0 Å². The third-order valence-corrected chi connectivity index (χ3v) is 3.26. The van der Waals surface area contributed by atoms with Gasteiger partial charge in [-0.1, -0.05) is 25.1 Å². The van der Waals surface area contributed by atoms with Crippen molar-refractivity contribution in [1.29, 1.82) is 0 Å². The Bertz CT molecular complexity index is 334. The van der Waals surface area contributed by atoms with Gasteiger partial charge in [-0.2, -0.15) is 13.2 Å². The maximum atomic E-state index is 12.4. The number of halogens is 5. The van der Waals surface area contributed by atoms with E-state index in [-0.39, 0.29) is 5.56 Å². The van der Waals surface area contributed by atoms with E-state index < -0.39 is 26.7 Å². The SMILES string of the molecule is CC(c1cccc(C(F)(F)F)c1)[SiH](F)F. The molecule has 0 aliphatic rings. The molecule has 0 N–H and O–H groups in total. The average molecular weight is 240 g/mol. The summed E-state index contributed by atoms with van der Waals surface area (Å²) in [6.07, 6.45) is -4.47. The lowest BCUT2D eigenvalue weighted by molar-refractivity contribution is -0.137. The van der Waals surface area contributed by atoms with Crippen molar-refractivity contribution in [2.45, 2.75) is 18.6 Å². The van der Waals surface area contributed by atoms with Crippen LogP contribution in [0.15, 0.2) is 24.3 Å². The second kappa shape index (κ2) is 4.30. The van der Waals surface area contributed by atoms with Crippen molar-refractivity contribution >= 4 is 9.46 Å². The quantitative estimate of drug-likeness (QED) is 0.421. The molecule has 84 valence electrons. The van der Waals surface area contributed by atoms with Crippen LogP contribution in [0.2, 0.25) is 0 Å². The van der Waals surface area contributed by atoms with Crippen LogP contribution in [0, 0.1) is 0 Å². The van der Waals surface area contributed by atoms with Crippen LogP contribution in [0.3, 0.4) is 0 Å². The molecule has 0 nitrogen and oxygen atoms in total. The number of hydrogen-bond donors (Lipinski definition) is 0. The zero-order chi connectivity index (χ0) is 11.6. The van der Waals surface area contributed by atoms with Crippen LogP contribution in [0.5, 0.6) is 0 Å². The van der Waals surface area contributed by atoms with Crippen LogP contribution < -0.4 is 0 Å². The van der Waals surface area contributed by atoms with E-state index >= 15 is 0 Å². The minimum atomic E-state index is -4.47. The molecule has 6 heteroatoms. The summed E-state index contributed by atoms with van der Waals surface area (Å²) in [6, 6.07) is 4.14. The summed E-state index contributed by atoms with van der Waals surface area (Å²) in [5, 5.41) is 0. The van der Waals surface area contributed by atoms with Gasteiger partial charge < -0.3 is 0 Å². The molecule has 0 aliphatic heterocycles. The molecule has 0 aromatic heterocycles. The van der Waals surface area contributed by atoms with Crippen LogP contribution in [-0.4, -0.2) is 9.46 Å². The normalized spacial score (nSPS) is 14.3. The number of alkyl halides is 3. The molecule has 0 saturated heterocycles. The fraction of sp³-hybridized carbons (Fsp3) is 0.333. The molecule has 0 bridgehead atoms. The highest BCUT2D eigenvalue weighted by Gasteiger charge is 2.31. The lowest BCUT2D eigenvalue weighted by Crippen LogP contribution is -2.12. The van der Waals surface area contributed by atoms with E-state index in [1.807, 2.05) is 0 Å². The summed E-state index contributed by atoms with van der Waals surface area (Å²) in [6.45, 7) is 1.26. The first-order valence-corrected chi connectivity index (χ1v) is 5.81. The second-order valence-corrected chi connectivity index (χ2v) is 4.92. The van der Waals surface area contributed by atoms with Crippen LogP contribution in [-0.2, 0) is 6.18 Å². The van der Waals surface area contributed by atoms with Crippen LogP contribution >= 0.6 is 0 Å². The summed E-state index contributed by atoms with van der Waals surface area (Å²) >= 11 is 0. The van der Waals surface area contributed by atoms with Gasteiger partial charge >= 0.3 is 15.6 Å². The minimum absolute atomic E-state index is 0.0616. The highest BCUT2D eigenvalue weighted by atomic mass is 28.4. The molecule has 0 aliphatic carbocycles. The van der Waals surface area contributed by atoms with Crippen molar-refractivity contribution < 1.29 is 21.4 Å². The molecule has 1 aromatic rings. The zero-order valence-electron chi connectivity index (χ0n) is 7.85. The zero-order valence-corrected chi connectivity index (χ0v) is 9.01. The third kappa shape index (κ3) is 3.02. The molecule has 0 fully saturated rings. The largest absolute Gasteiger partial charge is 0.418 e. The van der Waals surface area contributed by atoms with Gasteiger partial charge in [-0.3, -0.25) is 8.22 Å².